The molecular formula is C17H22N2O2. The molecule has 1 unspecified atom stereocenters. The maximum absolute atomic E-state index is 13.0. The number of nitrogens with zero attached hydrogens (tertiary/aromatic N) is 2. The van der Waals surface area contributed by atoms with Gasteiger partial charge < -0.3 is 4.74 Å². The number of hydrogen-bond acceptors (Lipinski definition) is 3. The van der Waals surface area contributed by atoms with Crippen molar-refractivity contribution in [3.8, 4) is 5.75 Å². The first-order chi connectivity index (χ1) is 10.2. The van der Waals surface area contributed by atoms with E-state index in [-0.39, 0.29) is 11.7 Å². The first-order valence-corrected chi connectivity index (χ1v) is 7.41. The van der Waals surface area contributed by atoms with Gasteiger partial charge in [0.1, 0.15) is 5.69 Å². The Hall–Kier alpha value is -2.10. The van der Waals surface area contributed by atoms with E-state index < -0.39 is 0 Å². The summed E-state index contributed by atoms with van der Waals surface area (Å²) in [5.41, 5.74) is 1.62. The smallest absolute Gasteiger partial charge is 0.192 e. The van der Waals surface area contributed by atoms with E-state index in [0.29, 0.717) is 11.4 Å². The molecule has 1 atom stereocenters. The predicted molar refractivity (Wildman–Crippen MR) is 82.9 cm³/mol. The standard InChI is InChI=1S/C17H22N2O2/c1-4-11-19-16(15(21-3)12-18-19)17(20)14(5-2)13-9-7-6-8-10-13/h6-10,12,14H,4-5,11H2,1-3H3. The van der Waals surface area contributed by atoms with Gasteiger partial charge in [0, 0.05) is 12.5 Å². The fraction of sp³-hybridized carbons (Fsp3) is 0.412. The van der Waals surface area contributed by atoms with Crippen molar-refractivity contribution >= 4 is 5.78 Å². The third kappa shape index (κ3) is 3.15. The predicted octanol–water partition coefficient (Wildman–Crippen LogP) is 3.68. The van der Waals surface area contributed by atoms with Gasteiger partial charge in [-0.15, -0.1) is 0 Å². The largest absolute Gasteiger partial charge is 0.493 e. The molecule has 0 N–H and O–H groups in total. The lowest BCUT2D eigenvalue weighted by molar-refractivity contribution is 0.0943. The lowest BCUT2D eigenvalue weighted by Gasteiger charge is -2.16. The summed E-state index contributed by atoms with van der Waals surface area (Å²) in [6.07, 6.45) is 3.30. The van der Waals surface area contributed by atoms with Crippen molar-refractivity contribution in [1.29, 1.82) is 0 Å². The molecule has 2 rings (SSSR count). The topological polar surface area (TPSA) is 44.1 Å². The zero-order valence-corrected chi connectivity index (χ0v) is 12.9. The fourth-order valence-electron chi connectivity index (χ4n) is 2.57. The number of carbonyl (C=O) groups excluding carboxylic acids is 1. The number of methoxy groups -OCH3 is 1. The number of rotatable bonds is 7. The van der Waals surface area contributed by atoms with Gasteiger partial charge in [-0.1, -0.05) is 44.2 Å². The minimum Gasteiger partial charge on any atom is -0.493 e. The van der Waals surface area contributed by atoms with Crippen molar-refractivity contribution in [2.75, 3.05) is 7.11 Å². The number of benzene rings is 1. The van der Waals surface area contributed by atoms with Crippen LogP contribution < -0.4 is 4.74 Å². The van der Waals surface area contributed by atoms with E-state index in [1.165, 1.54) is 0 Å². The van der Waals surface area contributed by atoms with Crippen LogP contribution in [0, 0.1) is 0 Å². The molecule has 0 aliphatic heterocycles. The van der Waals surface area contributed by atoms with E-state index >= 15 is 0 Å². The highest BCUT2D eigenvalue weighted by Crippen LogP contribution is 2.28. The number of carbonyl (C=O) groups is 1. The van der Waals surface area contributed by atoms with Crippen molar-refractivity contribution < 1.29 is 9.53 Å². The molecule has 0 radical (unpaired) electrons. The van der Waals surface area contributed by atoms with Crippen LogP contribution in [0.1, 0.15) is 48.7 Å². The molecule has 0 saturated carbocycles. The van der Waals surface area contributed by atoms with Crippen LogP contribution in [0.2, 0.25) is 0 Å². The summed E-state index contributed by atoms with van der Waals surface area (Å²) in [5.74, 6) is 0.474. The zero-order valence-electron chi connectivity index (χ0n) is 12.9. The normalized spacial score (nSPS) is 12.1. The molecule has 0 bridgehead atoms. The van der Waals surface area contributed by atoms with Gasteiger partial charge in [0.05, 0.1) is 13.3 Å². The summed E-state index contributed by atoms with van der Waals surface area (Å²) in [6, 6.07) is 9.89. The second-order valence-electron chi connectivity index (χ2n) is 5.02. The highest BCUT2D eigenvalue weighted by Gasteiger charge is 2.27. The summed E-state index contributed by atoms with van der Waals surface area (Å²) in [6.45, 7) is 4.81. The Labute approximate surface area is 125 Å². The highest BCUT2D eigenvalue weighted by atomic mass is 16.5. The summed E-state index contributed by atoms with van der Waals surface area (Å²) < 4.78 is 7.08. The van der Waals surface area contributed by atoms with Gasteiger partial charge in [0.2, 0.25) is 0 Å². The van der Waals surface area contributed by atoms with Gasteiger partial charge in [-0.2, -0.15) is 5.10 Å². The molecule has 1 aromatic carbocycles. The minimum absolute atomic E-state index is 0.0755. The Bertz CT molecular complexity index is 590. The Morgan fingerprint density at radius 2 is 2.00 bits per heavy atom. The lowest BCUT2D eigenvalue weighted by atomic mass is 9.90. The molecular weight excluding hydrogens is 264 g/mol. The Kier molecular flexibility index (Phi) is 5.14. The number of ether oxygens (including phenoxy) is 1. The molecule has 1 aromatic heterocycles. The van der Waals surface area contributed by atoms with Crippen molar-refractivity contribution in [3.63, 3.8) is 0 Å². The quantitative estimate of drug-likeness (QED) is 0.729. The molecule has 0 spiro atoms. The summed E-state index contributed by atoms with van der Waals surface area (Å²) in [4.78, 5) is 13.0. The van der Waals surface area contributed by atoms with Crippen LogP contribution in [0.5, 0.6) is 5.75 Å². The number of aromatic nitrogens is 2. The molecule has 1 heterocycles. The van der Waals surface area contributed by atoms with E-state index in [0.717, 1.165) is 24.9 Å². The number of Topliss-reactive ketones (excluding diaryl/α,β-unsaturated/α-hetero) is 1. The maximum Gasteiger partial charge on any atom is 0.192 e. The average Bonchev–Trinajstić information content (AvgIpc) is 2.92. The molecule has 0 aliphatic rings. The van der Waals surface area contributed by atoms with Crippen LogP contribution in [-0.2, 0) is 6.54 Å². The summed E-state index contributed by atoms with van der Waals surface area (Å²) in [5, 5.41) is 4.28. The number of hydrogen-bond donors (Lipinski definition) is 0. The molecule has 4 heteroatoms. The van der Waals surface area contributed by atoms with E-state index in [9.17, 15) is 4.79 Å². The van der Waals surface area contributed by atoms with Gasteiger partial charge in [-0.05, 0) is 18.4 Å². The van der Waals surface area contributed by atoms with Crippen molar-refractivity contribution in [1.82, 2.24) is 9.78 Å². The van der Waals surface area contributed by atoms with Gasteiger partial charge in [-0.25, -0.2) is 0 Å². The Morgan fingerprint density at radius 1 is 1.29 bits per heavy atom. The van der Waals surface area contributed by atoms with Crippen molar-refractivity contribution in [2.45, 2.75) is 39.2 Å². The molecule has 0 saturated heterocycles. The van der Waals surface area contributed by atoms with E-state index in [2.05, 4.69) is 12.0 Å². The van der Waals surface area contributed by atoms with E-state index in [4.69, 9.17) is 4.74 Å². The molecule has 0 amide bonds. The van der Waals surface area contributed by atoms with Crippen molar-refractivity contribution in [3.05, 3.63) is 47.8 Å². The molecule has 21 heavy (non-hydrogen) atoms. The van der Waals surface area contributed by atoms with Gasteiger partial charge in [-0.3, -0.25) is 9.48 Å². The molecule has 0 fully saturated rings. The van der Waals surface area contributed by atoms with Crippen molar-refractivity contribution in [2.24, 2.45) is 0 Å². The number of aryl methyl sites for hydroxylation is 1. The Balaban J connectivity index is 2.40. The first-order valence-electron chi connectivity index (χ1n) is 7.41. The van der Waals surface area contributed by atoms with Gasteiger partial charge in [0.15, 0.2) is 11.5 Å². The monoisotopic (exact) mass is 286 g/mol. The maximum atomic E-state index is 13.0. The summed E-state index contributed by atoms with van der Waals surface area (Å²) in [7, 11) is 1.58. The van der Waals surface area contributed by atoms with Crippen LogP contribution >= 0.6 is 0 Å². The average molecular weight is 286 g/mol. The van der Waals surface area contributed by atoms with Crippen LogP contribution in [0.3, 0.4) is 0 Å². The van der Waals surface area contributed by atoms with Crippen LogP contribution in [0.4, 0.5) is 0 Å². The van der Waals surface area contributed by atoms with Crippen LogP contribution in [0.15, 0.2) is 36.5 Å². The molecule has 112 valence electrons. The summed E-state index contributed by atoms with van der Waals surface area (Å²) >= 11 is 0. The number of ketones is 1. The van der Waals surface area contributed by atoms with Crippen LogP contribution in [-0.4, -0.2) is 22.7 Å². The van der Waals surface area contributed by atoms with E-state index in [1.54, 1.807) is 18.0 Å². The minimum atomic E-state index is -0.160. The SMILES string of the molecule is CCCn1ncc(OC)c1C(=O)C(CC)c1ccccc1. The molecule has 0 aliphatic carbocycles. The lowest BCUT2D eigenvalue weighted by Crippen LogP contribution is -2.18. The third-order valence-electron chi connectivity index (χ3n) is 3.62. The fourth-order valence-corrected chi connectivity index (χ4v) is 2.57. The molecule has 4 nitrogen and oxygen atoms in total. The highest BCUT2D eigenvalue weighted by molar-refractivity contribution is 6.01. The third-order valence-corrected chi connectivity index (χ3v) is 3.62. The molecule has 2 aromatic rings. The zero-order chi connectivity index (χ0) is 15.2. The first kappa shape index (κ1) is 15.3. The van der Waals surface area contributed by atoms with Gasteiger partial charge in [0.25, 0.3) is 0 Å². The second kappa shape index (κ2) is 7.07. The van der Waals surface area contributed by atoms with E-state index in [1.807, 2.05) is 37.3 Å². The van der Waals surface area contributed by atoms with Crippen LogP contribution in [0.25, 0.3) is 0 Å². The van der Waals surface area contributed by atoms with Gasteiger partial charge >= 0.3 is 0 Å². The Morgan fingerprint density at radius 3 is 2.57 bits per heavy atom. The second-order valence-corrected chi connectivity index (χ2v) is 5.02.